The number of thiocarbonyl (C=S) groups is 1. The number of nitrogens with zero attached hydrogens (tertiary/aromatic N) is 1. The van der Waals surface area contributed by atoms with Crippen LogP contribution in [-0.2, 0) is 9.59 Å². The molecule has 0 aromatic heterocycles. The van der Waals surface area contributed by atoms with Crippen molar-refractivity contribution in [3.8, 4) is 5.75 Å². The summed E-state index contributed by atoms with van der Waals surface area (Å²) >= 11 is 6.14. The fourth-order valence-electron chi connectivity index (χ4n) is 1.85. The maximum atomic E-state index is 12.3. The van der Waals surface area contributed by atoms with Crippen LogP contribution in [0.15, 0.2) is 29.2 Å². The van der Waals surface area contributed by atoms with E-state index < -0.39 is 17.9 Å². The summed E-state index contributed by atoms with van der Waals surface area (Å²) in [6.07, 6.45) is 1.64. The summed E-state index contributed by atoms with van der Waals surface area (Å²) < 4.78 is 5.42. The molecule has 0 bridgehead atoms. The molecule has 0 aliphatic carbocycles. The highest BCUT2D eigenvalue weighted by Crippen LogP contribution is 2.35. The molecule has 0 unspecified atom stereocenters. The molecular formula is C14H12NO4S2-. The molecule has 2 rings (SSSR count). The highest BCUT2D eigenvalue weighted by Gasteiger charge is 2.35. The Kier molecular flexibility index (Phi) is 4.64. The maximum Gasteiger partial charge on any atom is 0.266 e. The van der Waals surface area contributed by atoms with Crippen LogP contribution >= 0.6 is 24.0 Å². The van der Waals surface area contributed by atoms with Crippen molar-refractivity contribution < 1.29 is 19.4 Å². The third kappa shape index (κ3) is 3.08. The Hall–Kier alpha value is -1.86. The van der Waals surface area contributed by atoms with Crippen LogP contribution in [0.1, 0.15) is 12.5 Å². The molecule has 1 aliphatic heterocycles. The number of methoxy groups -OCH3 is 1. The van der Waals surface area contributed by atoms with Crippen LogP contribution in [0.5, 0.6) is 5.75 Å². The van der Waals surface area contributed by atoms with Crippen LogP contribution in [0.2, 0.25) is 0 Å². The van der Waals surface area contributed by atoms with Crippen LogP contribution in [0, 0.1) is 0 Å². The number of carboxylic acid groups (broad SMARTS) is 1. The van der Waals surface area contributed by atoms with Gasteiger partial charge in [0.25, 0.3) is 5.91 Å². The normalized spacial score (nSPS) is 18.2. The van der Waals surface area contributed by atoms with Crippen molar-refractivity contribution in [2.75, 3.05) is 7.11 Å². The zero-order valence-electron chi connectivity index (χ0n) is 11.4. The predicted octanol–water partition coefficient (Wildman–Crippen LogP) is 1.03. The van der Waals surface area contributed by atoms with E-state index in [9.17, 15) is 14.7 Å². The monoisotopic (exact) mass is 322 g/mol. The van der Waals surface area contributed by atoms with Gasteiger partial charge in [-0.3, -0.25) is 9.69 Å². The highest BCUT2D eigenvalue weighted by atomic mass is 32.2. The zero-order valence-corrected chi connectivity index (χ0v) is 13.0. The lowest BCUT2D eigenvalue weighted by Crippen LogP contribution is -2.48. The SMILES string of the molecule is COc1ccccc1/C=C1/SC(=S)N([C@H](C)C(=O)[O-])C1=O. The number of amides is 1. The third-order valence-corrected chi connectivity index (χ3v) is 4.31. The summed E-state index contributed by atoms with van der Waals surface area (Å²) in [4.78, 5) is 24.6. The van der Waals surface area contributed by atoms with Gasteiger partial charge in [-0.1, -0.05) is 42.2 Å². The van der Waals surface area contributed by atoms with Crippen molar-refractivity contribution in [2.24, 2.45) is 0 Å². The number of ether oxygens (including phenoxy) is 1. The molecular weight excluding hydrogens is 310 g/mol. The van der Waals surface area contributed by atoms with Gasteiger partial charge in [0.15, 0.2) is 0 Å². The van der Waals surface area contributed by atoms with Gasteiger partial charge in [-0.25, -0.2) is 0 Å². The van der Waals surface area contributed by atoms with E-state index in [1.807, 2.05) is 12.1 Å². The molecule has 0 saturated carbocycles. The molecule has 0 N–H and O–H groups in total. The lowest BCUT2D eigenvalue weighted by molar-refractivity contribution is -0.309. The summed E-state index contributed by atoms with van der Waals surface area (Å²) in [5, 5.41) is 10.9. The van der Waals surface area contributed by atoms with Gasteiger partial charge in [-0.2, -0.15) is 0 Å². The Morgan fingerprint density at radius 1 is 1.48 bits per heavy atom. The molecule has 1 aliphatic rings. The smallest absolute Gasteiger partial charge is 0.266 e. The molecule has 110 valence electrons. The molecule has 1 amide bonds. The molecule has 1 fully saturated rings. The van der Waals surface area contributed by atoms with Crippen molar-refractivity contribution >= 4 is 46.3 Å². The van der Waals surface area contributed by atoms with Crippen LogP contribution < -0.4 is 9.84 Å². The van der Waals surface area contributed by atoms with Gasteiger partial charge in [0.1, 0.15) is 10.1 Å². The number of carboxylic acids is 1. The molecule has 1 heterocycles. The number of hydrogen-bond donors (Lipinski definition) is 0. The number of thioether (sulfide) groups is 1. The van der Waals surface area contributed by atoms with Crippen LogP contribution in [0.25, 0.3) is 6.08 Å². The quantitative estimate of drug-likeness (QED) is 0.609. The molecule has 1 aromatic carbocycles. The van der Waals surface area contributed by atoms with Gasteiger partial charge < -0.3 is 14.6 Å². The highest BCUT2D eigenvalue weighted by molar-refractivity contribution is 8.26. The fraction of sp³-hybridized carbons (Fsp3) is 0.214. The van der Waals surface area contributed by atoms with Crippen molar-refractivity contribution in [2.45, 2.75) is 13.0 Å². The molecule has 1 aromatic rings. The molecule has 1 saturated heterocycles. The van der Waals surface area contributed by atoms with Gasteiger partial charge in [-0.05, 0) is 19.1 Å². The first-order valence-electron chi connectivity index (χ1n) is 6.06. The first-order valence-corrected chi connectivity index (χ1v) is 7.29. The molecule has 0 spiro atoms. The largest absolute Gasteiger partial charge is 0.548 e. The van der Waals surface area contributed by atoms with E-state index in [1.165, 1.54) is 14.0 Å². The number of hydrogen-bond acceptors (Lipinski definition) is 6. The van der Waals surface area contributed by atoms with Crippen molar-refractivity contribution in [1.82, 2.24) is 4.90 Å². The lowest BCUT2D eigenvalue weighted by Gasteiger charge is -2.23. The second-order valence-electron chi connectivity index (χ2n) is 4.29. The Labute approximate surface area is 131 Å². The van der Waals surface area contributed by atoms with Crippen LogP contribution in [-0.4, -0.2) is 34.2 Å². The summed E-state index contributed by atoms with van der Waals surface area (Å²) in [6, 6.07) is 6.11. The number of aliphatic carboxylic acids is 1. The molecule has 0 radical (unpaired) electrons. The molecule has 7 heteroatoms. The van der Waals surface area contributed by atoms with Gasteiger partial charge in [0, 0.05) is 5.56 Å². The summed E-state index contributed by atoms with van der Waals surface area (Å²) in [5.41, 5.74) is 0.724. The summed E-state index contributed by atoms with van der Waals surface area (Å²) in [7, 11) is 1.54. The minimum atomic E-state index is -1.34. The Morgan fingerprint density at radius 3 is 2.76 bits per heavy atom. The van der Waals surface area contributed by atoms with Crippen molar-refractivity contribution in [3.63, 3.8) is 0 Å². The van der Waals surface area contributed by atoms with Gasteiger partial charge in [0.05, 0.1) is 24.0 Å². The third-order valence-electron chi connectivity index (χ3n) is 2.98. The summed E-state index contributed by atoms with van der Waals surface area (Å²) in [5.74, 6) is -1.16. The number of para-hydroxylation sites is 1. The Bertz CT molecular complexity index is 642. The zero-order chi connectivity index (χ0) is 15.6. The molecule has 1 atom stereocenters. The number of carbonyl (C=O) groups excluding carboxylic acids is 2. The predicted molar refractivity (Wildman–Crippen MR) is 82.5 cm³/mol. The first-order chi connectivity index (χ1) is 9.95. The first kappa shape index (κ1) is 15.5. The second kappa shape index (κ2) is 6.28. The Morgan fingerprint density at radius 2 is 2.14 bits per heavy atom. The van der Waals surface area contributed by atoms with E-state index in [0.29, 0.717) is 10.7 Å². The van der Waals surface area contributed by atoms with Gasteiger partial charge in [-0.15, -0.1) is 0 Å². The van der Waals surface area contributed by atoms with Gasteiger partial charge in [0.2, 0.25) is 0 Å². The van der Waals surface area contributed by atoms with Crippen molar-refractivity contribution in [3.05, 3.63) is 34.7 Å². The van der Waals surface area contributed by atoms with E-state index in [2.05, 4.69) is 0 Å². The Balaban J connectivity index is 2.34. The molecule has 21 heavy (non-hydrogen) atoms. The molecule has 5 nitrogen and oxygen atoms in total. The van der Waals surface area contributed by atoms with Gasteiger partial charge >= 0.3 is 0 Å². The van der Waals surface area contributed by atoms with E-state index in [4.69, 9.17) is 17.0 Å². The average Bonchev–Trinajstić information content (AvgIpc) is 2.73. The van der Waals surface area contributed by atoms with Crippen LogP contribution in [0.4, 0.5) is 0 Å². The fourth-order valence-corrected chi connectivity index (χ4v) is 3.26. The van der Waals surface area contributed by atoms with E-state index in [-0.39, 0.29) is 4.32 Å². The van der Waals surface area contributed by atoms with Crippen LogP contribution in [0.3, 0.4) is 0 Å². The standard InChI is InChI=1S/C14H13NO4S2/c1-8(13(17)18)15-12(16)11(21-14(15)20)7-9-5-3-4-6-10(9)19-2/h3-8H,1-2H3,(H,17,18)/p-1/b11-7+/t8-/m1/s1. The van der Waals surface area contributed by atoms with E-state index in [1.54, 1.807) is 18.2 Å². The van der Waals surface area contributed by atoms with Crippen molar-refractivity contribution in [1.29, 1.82) is 0 Å². The topological polar surface area (TPSA) is 69.7 Å². The minimum Gasteiger partial charge on any atom is -0.548 e. The second-order valence-corrected chi connectivity index (χ2v) is 5.96. The summed E-state index contributed by atoms with van der Waals surface area (Å²) in [6.45, 7) is 1.37. The maximum absolute atomic E-state index is 12.3. The number of benzene rings is 1. The average molecular weight is 322 g/mol. The number of carbonyl (C=O) groups is 2. The number of rotatable bonds is 4. The lowest BCUT2D eigenvalue weighted by atomic mass is 10.2. The van der Waals surface area contributed by atoms with E-state index >= 15 is 0 Å². The van der Waals surface area contributed by atoms with E-state index in [0.717, 1.165) is 22.2 Å². The minimum absolute atomic E-state index is 0.206.